The summed E-state index contributed by atoms with van der Waals surface area (Å²) < 4.78 is 6.97. The van der Waals surface area contributed by atoms with E-state index >= 15 is 0 Å². The highest BCUT2D eigenvalue weighted by Gasteiger charge is 2.15. The van der Waals surface area contributed by atoms with Gasteiger partial charge in [-0.05, 0) is 37.3 Å². The number of H-pyrrole nitrogens is 2. The number of aryl methyl sites for hydroxylation is 1. The maximum atomic E-state index is 11.9. The van der Waals surface area contributed by atoms with Crippen molar-refractivity contribution in [1.82, 2.24) is 19.5 Å². The van der Waals surface area contributed by atoms with E-state index in [0.717, 1.165) is 16.6 Å². The number of ether oxygens (including phenoxy) is 1. The smallest absolute Gasteiger partial charge is 0.335 e. The van der Waals surface area contributed by atoms with Gasteiger partial charge in [-0.25, -0.2) is 14.6 Å². The maximum absolute atomic E-state index is 11.9. The molecule has 4 rings (SSSR count). The van der Waals surface area contributed by atoms with E-state index < -0.39 is 5.97 Å². The molecule has 0 aliphatic carbocycles. The average molecular weight is 352 g/mol. The fraction of sp³-hybridized carbons (Fsp3) is 0.167. The third-order valence-electron chi connectivity index (χ3n) is 4.40. The van der Waals surface area contributed by atoms with Crippen LogP contribution in [0.4, 0.5) is 0 Å². The second-order valence-corrected chi connectivity index (χ2v) is 5.87. The number of nitrogens with one attached hydrogen (secondary N) is 2. The minimum Gasteiger partial charge on any atom is -0.496 e. The number of carboxylic acid groups (broad SMARTS) is 1. The second kappa shape index (κ2) is 5.76. The summed E-state index contributed by atoms with van der Waals surface area (Å²) in [5.41, 5.74) is 3.64. The van der Waals surface area contributed by atoms with Gasteiger partial charge in [-0.1, -0.05) is 0 Å². The summed E-state index contributed by atoms with van der Waals surface area (Å²) in [4.78, 5) is 33.7. The zero-order chi connectivity index (χ0) is 18.4. The zero-order valence-corrected chi connectivity index (χ0v) is 14.2. The molecule has 2 aromatic heterocycles. The van der Waals surface area contributed by atoms with E-state index in [1.807, 2.05) is 19.1 Å². The van der Waals surface area contributed by atoms with Crippen molar-refractivity contribution in [1.29, 1.82) is 0 Å². The number of rotatable bonds is 4. The Bertz CT molecular complexity index is 1220. The van der Waals surface area contributed by atoms with Crippen molar-refractivity contribution in [3.8, 4) is 17.1 Å². The van der Waals surface area contributed by atoms with E-state index in [1.54, 1.807) is 10.6 Å². The molecular weight excluding hydrogens is 336 g/mol. The van der Waals surface area contributed by atoms with Gasteiger partial charge < -0.3 is 19.8 Å². The number of aromatic amines is 2. The zero-order valence-electron chi connectivity index (χ0n) is 14.2. The molecular formula is C18H16N4O4. The molecule has 4 aromatic rings. The molecule has 0 saturated carbocycles. The largest absolute Gasteiger partial charge is 0.496 e. The number of carboxylic acids is 1. The van der Waals surface area contributed by atoms with Gasteiger partial charge >= 0.3 is 11.7 Å². The van der Waals surface area contributed by atoms with Crippen LogP contribution in [0.1, 0.15) is 17.3 Å². The number of methoxy groups -OCH3 is 1. The van der Waals surface area contributed by atoms with Crippen molar-refractivity contribution in [2.24, 2.45) is 0 Å². The Morgan fingerprint density at radius 2 is 2.04 bits per heavy atom. The minimum absolute atomic E-state index is 0.141. The summed E-state index contributed by atoms with van der Waals surface area (Å²) in [6.45, 7) is 2.47. The van der Waals surface area contributed by atoms with E-state index in [1.165, 1.54) is 19.2 Å². The van der Waals surface area contributed by atoms with Gasteiger partial charge in [0.25, 0.3) is 0 Å². The van der Waals surface area contributed by atoms with E-state index in [2.05, 4.69) is 15.0 Å². The first-order valence-electron chi connectivity index (χ1n) is 8.05. The van der Waals surface area contributed by atoms with Crippen molar-refractivity contribution in [3.05, 3.63) is 46.4 Å². The summed E-state index contributed by atoms with van der Waals surface area (Å²) in [6, 6.07) is 8.32. The number of benzene rings is 2. The van der Waals surface area contributed by atoms with E-state index in [0.29, 0.717) is 29.2 Å². The lowest BCUT2D eigenvalue weighted by Gasteiger charge is -2.07. The molecule has 0 fully saturated rings. The molecule has 2 heterocycles. The number of aromatic carboxylic acids is 1. The van der Waals surface area contributed by atoms with Crippen LogP contribution in [0.3, 0.4) is 0 Å². The van der Waals surface area contributed by atoms with Gasteiger partial charge in [0, 0.05) is 6.54 Å². The Morgan fingerprint density at radius 3 is 2.73 bits per heavy atom. The fourth-order valence-corrected chi connectivity index (χ4v) is 3.12. The molecule has 2 aromatic carbocycles. The Balaban J connectivity index is 1.90. The molecule has 3 N–H and O–H groups in total. The summed E-state index contributed by atoms with van der Waals surface area (Å²) in [7, 11) is 1.48. The first-order chi connectivity index (χ1) is 12.5. The highest BCUT2D eigenvalue weighted by atomic mass is 16.5. The van der Waals surface area contributed by atoms with Gasteiger partial charge in [-0.3, -0.25) is 4.57 Å². The third-order valence-corrected chi connectivity index (χ3v) is 4.40. The van der Waals surface area contributed by atoms with E-state index in [9.17, 15) is 9.59 Å². The lowest BCUT2D eigenvalue weighted by atomic mass is 10.1. The molecule has 0 saturated heterocycles. The molecule has 0 unspecified atom stereocenters. The Labute approximate surface area is 147 Å². The van der Waals surface area contributed by atoms with Crippen LogP contribution in [0.2, 0.25) is 0 Å². The van der Waals surface area contributed by atoms with Gasteiger partial charge in [-0.15, -0.1) is 0 Å². The van der Waals surface area contributed by atoms with Gasteiger partial charge in [0.2, 0.25) is 0 Å². The molecule has 0 radical (unpaired) electrons. The van der Waals surface area contributed by atoms with Gasteiger partial charge in [0.15, 0.2) is 0 Å². The first-order valence-corrected chi connectivity index (χ1v) is 8.05. The first kappa shape index (κ1) is 15.9. The average Bonchev–Trinajstić information content (AvgIpc) is 3.17. The highest BCUT2D eigenvalue weighted by Crippen LogP contribution is 2.31. The van der Waals surface area contributed by atoms with Crippen molar-refractivity contribution < 1.29 is 14.6 Å². The molecule has 0 bridgehead atoms. The van der Waals surface area contributed by atoms with Crippen LogP contribution in [-0.4, -0.2) is 37.7 Å². The standard InChI is InChI=1S/C18H16N4O4/c1-3-22-14-8-12-11(7-13(14)21-18(22)25)19-16(20-12)10-5-4-9(17(23)24)6-15(10)26-2/h4-8H,3H2,1-2H3,(H,19,20)(H,21,25)(H,23,24). The number of carbonyl (C=O) groups is 1. The van der Waals surface area contributed by atoms with E-state index in [-0.39, 0.29) is 11.3 Å². The number of hydrogen-bond donors (Lipinski definition) is 3. The molecule has 0 aliphatic heterocycles. The minimum atomic E-state index is -1.02. The predicted octanol–water partition coefficient (Wildman–Crippen LogP) is 2.60. The molecule has 0 atom stereocenters. The Kier molecular flexibility index (Phi) is 3.54. The van der Waals surface area contributed by atoms with Gasteiger partial charge in [0.1, 0.15) is 11.6 Å². The molecule has 0 amide bonds. The summed E-state index contributed by atoms with van der Waals surface area (Å²) in [5.74, 6) is -0.0434. The molecule has 132 valence electrons. The van der Waals surface area contributed by atoms with Crippen molar-refractivity contribution in [2.45, 2.75) is 13.5 Å². The van der Waals surface area contributed by atoms with E-state index in [4.69, 9.17) is 9.84 Å². The van der Waals surface area contributed by atoms with Gasteiger partial charge in [0.05, 0.1) is 40.3 Å². The second-order valence-electron chi connectivity index (χ2n) is 5.87. The Morgan fingerprint density at radius 1 is 1.23 bits per heavy atom. The maximum Gasteiger partial charge on any atom is 0.335 e. The lowest BCUT2D eigenvalue weighted by Crippen LogP contribution is -2.14. The van der Waals surface area contributed by atoms with Crippen LogP contribution in [0.25, 0.3) is 33.5 Å². The number of aromatic nitrogens is 4. The topological polar surface area (TPSA) is 113 Å². The summed E-state index contributed by atoms with van der Waals surface area (Å²) in [5, 5.41) is 9.13. The molecule has 0 aliphatic rings. The van der Waals surface area contributed by atoms with Crippen LogP contribution in [-0.2, 0) is 6.54 Å². The van der Waals surface area contributed by atoms with Crippen LogP contribution in [0.15, 0.2) is 35.1 Å². The number of fused-ring (bicyclic) bond motifs is 2. The Hall–Kier alpha value is -3.55. The summed E-state index contributed by atoms with van der Waals surface area (Å²) >= 11 is 0. The van der Waals surface area contributed by atoms with Gasteiger partial charge in [-0.2, -0.15) is 0 Å². The third kappa shape index (κ3) is 2.34. The van der Waals surface area contributed by atoms with Crippen LogP contribution in [0, 0.1) is 0 Å². The SMILES string of the molecule is CCn1c(=O)[nH]c2cc3[nH]c(-c4ccc(C(=O)O)cc4OC)nc3cc21. The fourth-order valence-electron chi connectivity index (χ4n) is 3.12. The molecule has 26 heavy (non-hydrogen) atoms. The predicted molar refractivity (Wildman–Crippen MR) is 96.8 cm³/mol. The van der Waals surface area contributed by atoms with Crippen LogP contribution in [0.5, 0.6) is 5.75 Å². The number of nitrogens with zero attached hydrogens (tertiary/aromatic N) is 2. The lowest BCUT2D eigenvalue weighted by molar-refractivity contribution is 0.0696. The van der Waals surface area contributed by atoms with Crippen molar-refractivity contribution in [2.75, 3.05) is 7.11 Å². The normalized spacial score (nSPS) is 11.3. The number of imidazole rings is 2. The summed E-state index contributed by atoms with van der Waals surface area (Å²) in [6.07, 6.45) is 0. The highest BCUT2D eigenvalue weighted by molar-refractivity contribution is 5.94. The quantitative estimate of drug-likeness (QED) is 0.522. The van der Waals surface area contributed by atoms with Crippen molar-refractivity contribution >= 4 is 28.0 Å². The molecule has 8 nitrogen and oxygen atoms in total. The molecule has 8 heteroatoms. The van der Waals surface area contributed by atoms with Crippen molar-refractivity contribution in [3.63, 3.8) is 0 Å². The number of hydrogen-bond acceptors (Lipinski definition) is 4. The van der Waals surface area contributed by atoms with Crippen LogP contribution < -0.4 is 10.4 Å². The van der Waals surface area contributed by atoms with Crippen LogP contribution >= 0.6 is 0 Å². The molecule has 0 spiro atoms. The monoisotopic (exact) mass is 352 g/mol.